The van der Waals surface area contributed by atoms with Gasteiger partial charge < -0.3 is 18.6 Å². The van der Waals surface area contributed by atoms with Crippen molar-refractivity contribution in [3.8, 4) is 28.7 Å². The molecule has 3 rings (SSSR count). The minimum Gasteiger partial charge on any atom is -0.493 e. The molecule has 5 nitrogen and oxygen atoms in total. The molecule has 0 amide bonds. The topological polar surface area (TPSA) is 53.7 Å². The Hall–Kier alpha value is -2.21. The second-order valence-corrected chi connectivity index (χ2v) is 5.46. The zero-order chi connectivity index (χ0) is 17.7. The molecule has 6 heteroatoms. The van der Waals surface area contributed by atoms with E-state index in [2.05, 4.69) is 20.9 Å². The van der Waals surface area contributed by atoms with Gasteiger partial charge in [0.1, 0.15) is 5.52 Å². The number of benzene rings is 2. The number of aromatic nitrogens is 1. The fraction of sp³-hybridized carbons (Fsp3) is 0.278. The van der Waals surface area contributed by atoms with E-state index in [9.17, 15) is 0 Å². The lowest BCUT2D eigenvalue weighted by atomic mass is 10.2. The molecule has 2 aromatic carbocycles. The number of rotatable bonds is 4. The highest BCUT2D eigenvalue weighted by Crippen LogP contribution is 2.41. The van der Waals surface area contributed by atoms with Crippen molar-refractivity contribution >= 4 is 27.0 Å². The molecule has 0 N–H and O–H groups in total. The molecule has 0 radical (unpaired) electrons. The molecule has 0 atom stereocenters. The third-order valence-corrected chi connectivity index (χ3v) is 3.76. The van der Waals surface area contributed by atoms with Gasteiger partial charge in [-0.25, -0.2) is 4.98 Å². The summed E-state index contributed by atoms with van der Waals surface area (Å²) >= 11 is 3.42. The van der Waals surface area contributed by atoms with E-state index in [4.69, 9.17) is 18.6 Å². The van der Waals surface area contributed by atoms with E-state index in [1.165, 1.54) is 0 Å². The Labute approximate surface area is 149 Å². The van der Waals surface area contributed by atoms with Gasteiger partial charge in [0.25, 0.3) is 0 Å². The Balaban J connectivity index is 0.00000100. The molecule has 0 aliphatic carbocycles. The first-order chi connectivity index (χ1) is 11.7. The van der Waals surface area contributed by atoms with Crippen molar-refractivity contribution in [1.29, 1.82) is 0 Å². The van der Waals surface area contributed by atoms with Gasteiger partial charge in [0, 0.05) is 10.0 Å². The molecule has 0 spiro atoms. The monoisotopic (exact) mass is 393 g/mol. The summed E-state index contributed by atoms with van der Waals surface area (Å²) in [5.41, 5.74) is 2.24. The van der Waals surface area contributed by atoms with Crippen LogP contribution < -0.4 is 14.2 Å². The normalized spacial score (nSPS) is 10.1. The predicted molar refractivity (Wildman–Crippen MR) is 98.1 cm³/mol. The van der Waals surface area contributed by atoms with Gasteiger partial charge in [0.2, 0.25) is 11.6 Å². The number of oxazole rings is 1. The molecule has 128 valence electrons. The van der Waals surface area contributed by atoms with E-state index in [-0.39, 0.29) is 0 Å². The summed E-state index contributed by atoms with van der Waals surface area (Å²) in [6.07, 6.45) is 0. The molecule has 0 bridgehead atoms. The van der Waals surface area contributed by atoms with Crippen LogP contribution in [0.5, 0.6) is 17.2 Å². The predicted octanol–water partition coefficient (Wildman–Crippen LogP) is 5.31. The van der Waals surface area contributed by atoms with Crippen molar-refractivity contribution < 1.29 is 18.6 Å². The second kappa shape index (κ2) is 8.06. The van der Waals surface area contributed by atoms with Crippen molar-refractivity contribution in [3.63, 3.8) is 0 Å². The van der Waals surface area contributed by atoms with E-state index < -0.39 is 0 Å². The quantitative estimate of drug-likeness (QED) is 0.600. The van der Waals surface area contributed by atoms with E-state index in [1.54, 1.807) is 33.5 Å². The van der Waals surface area contributed by atoms with Gasteiger partial charge in [0.05, 0.1) is 21.3 Å². The summed E-state index contributed by atoms with van der Waals surface area (Å²) < 4.78 is 22.8. The fourth-order valence-electron chi connectivity index (χ4n) is 2.23. The molecule has 0 saturated heterocycles. The minimum absolute atomic E-state index is 0.493. The van der Waals surface area contributed by atoms with Gasteiger partial charge in [-0.3, -0.25) is 0 Å². The highest BCUT2D eigenvalue weighted by molar-refractivity contribution is 9.10. The summed E-state index contributed by atoms with van der Waals surface area (Å²) in [4.78, 5) is 4.49. The maximum Gasteiger partial charge on any atom is 0.227 e. The SMILES string of the molecule is CC.COc1cc(-c2nc3ccc(Br)cc3o2)cc(OC)c1OC. The molecule has 3 aromatic rings. The number of methoxy groups -OCH3 is 3. The van der Waals surface area contributed by atoms with Crippen LogP contribution in [-0.4, -0.2) is 26.3 Å². The van der Waals surface area contributed by atoms with Crippen LogP contribution in [0.25, 0.3) is 22.6 Å². The number of hydrogen-bond donors (Lipinski definition) is 0. The van der Waals surface area contributed by atoms with Crippen LogP contribution in [-0.2, 0) is 0 Å². The van der Waals surface area contributed by atoms with Crippen LogP contribution in [0.1, 0.15) is 13.8 Å². The van der Waals surface area contributed by atoms with E-state index in [0.29, 0.717) is 28.7 Å². The van der Waals surface area contributed by atoms with Crippen LogP contribution >= 0.6 is 15.9 Å². The first kappa shape index (κ1) is 18.1. The molecule has 1 aromatic heterocycles. The van der Waals surface area contributed by atoms with Crippen molar-refractivity contribution in [2.45, 2.75) is 13.8 Å². The molecule has 24 heavy (non-hydrogen) atoms. The third kappa shape index (κ3) is 3.48. The molecular formula is C18H20BrNO4. The van der Waals surface area contributed by atoms with E-state index in [0.717, 1.165) is 15.6 Å². The Morgan fingerprint density at radius 2 is 1.54 bits per heavy atom. The number of nitrogens with zero attached hydrogens (tertiary/aromatic N) is 1. The number of fused-ring (bicyclic) bond motifs is 1. The van der Waals surface area contributed by atoms with Crippen LogP contribution in [0.2, 0.25) is 0 Å². The first-order valence-corrected chi connectivity index (χ1v) is 8.32. The Morgan fingerprint density at radius 3 is 2.08 bits per heavy atom. The second-order valence-electron chi connectivity index (χ2n) is 4.55. The van der Waals surface area contributed by atoms with Crippen molar-refractivity contribution in [2.24, 2.45) is 0 Å². The lowest BCUT2D eigenvalue weighted by Gasteiger charge is -2.12. The summed E-state index contributed by atoms with van der Waals surface area (Å²) in [6.45, 7) is 4.00. The van der Waals surface area contributed by atoms with Crippen LogP contribution in [0.3, 0.4) is 0 Å². The zero-order valence-electron chi connectivity index (χ0n) is 14.3. The van der Waals surface area contributed by atoms with Crippen LogP contribution in [0.15, 0.2) is 39.2 Å². The number of ether oxygens (including phenoxy) is 3. The van der Waals surface area contributed by atoms with Gasteiger partial charge in [0.15, 0.2) is 17.1 Å². The zero-order valence-corrected chi connectivity index (χ0v) is 15.9. The molecule has 0 aliphatic rings. The highest BCUT2D eigenvalue weighted by atomic mass is 79.9. The highest BCUT2D eigenvalue weighted by Gasteiger charge is 2.17. The standard InChI is InChI=1S/C16H14BrNO4.C2H6/c1-19-13-6-9(7-14(20-2)15(13)21-3)16-18-11-5-4-10(17)8-12(11)22-16;1-2/h4-8H,1-3H3;1-2H3. The van der Waals surface area contributed by atoms with E-state index >= 15 is 0 Å². The minimum atomic E-state index is 0.493. The average molecular weight is 394 g/mol. The third-order valence-electron chi connectivity index (χ3n) is 3.26. The molecule has 0 fully saturated rings. The summed E-state index contributed by atoms with van der Waals surface area (Å²) in [6, 6.07) is 9.31. The lowest BCUT2D eigenvalue weighted by Crippen LogP contribution is -1.95. The lowest BCUT2D eigenvalue weighted by molar-refractivity contribution is 0.324. The molecular weight excluding hydrogens is 374 g/mol. The largest absolute Gasteiger partial charge is 0.493 e. The van der Waals surface area contributed by atoms with Crippen molar-refractivity contribution in [2.75, 3.05) is 21.3 Å². The smallest absolute Gasteiger partial charge is 0.227 e. The Bertz CT molecular complexity index is 804. The van der Waals surface area contributed by atoms with Gasteiger partial charge in [-0.2, -0.15) is 0 Å². The fourth-order valence-corrected chi connectivity index (χ4v) is 2.57. The van der Waals surface area contributed by atoms with Gasteiger partial charge in [-0.05, 0) is 30.3 Å². The van der Waals surface area contributed by atoms with Gasteiger partial charge in [-0.1, -0.05) is 29.8 Å². The van der Waals surface area contributed by atoms with E-state index in [1.807, 2.05) is 32.0 Å². The van der Waals surface area contributed by atoms with Gasteiger partial charge >= 0.3 is 0 Å². The average Bonchev–Trinajstić information content (AvgIpc) is 3.05. The first-order valence-electron chi connectivity index (χ1n) is 7.52. The molecule has 0 unspecified atom stereocenters. The van der Waals surface area contributed by atoms with Crippen LogP contribution in [0.4, 0.5) is 0 Å². The molecule has 1 heterocycles. The maximum absolute atomic E-state index is 5.81. The number of halogens is 1. The molecule has 0 saturated carbocycles. The summed E-state index contributed by atoms with van der Waals surface area (Å²) in [5.74, 6) is 2.14. The summed E-state index contributed by atoms with van der Waals surface area (Å²) in [5, 5.41) is 0. The molecule has 0 aliphatic heterocycles. The van der Waals surface area contributed by atoms with Crippen molar-refractivity contribution in [1.82, 2.24) is 4.98 Å². The maximum atomic E-state index is 5.81. The Morgan fingerprint density at radius 1 is 0.917 bits per heavy atom. The van der Waals surface area contributed by atoms with Crippen LogP contribution in [0, 0.1) is 0 Å². The van der Waals surface area contributed by atoms with Crippen molar-refractivity contribution in [3.05, 3.63) is 34.8 Å². The summed E-state index contributed by atoms with van der Waals surface area (Å²) in [7, 11) is 4.71. The van der Waals surface area contributed by atoms with Gasteiger partial charge in [-0.15, -0.1) is 0 Å². The number of hydrogen-bond acceptors (Lipinski definition) is 5. The Kier molecular flexibility index (Phi) is 6.09.